The molecular formula is C12H15N3O4. The van der Waals surface area contributed by atoms with Gasteiger partial charge in [0.2, 0.25) is 0 Å². The van der Waals surface area contributed by atoms with E-state index in [1.165, 1.54) is 24.3 Å². The number of nitrogens with one attached hydrogen (secondary N) is 2. The van der Waals surface area contributed by atoms with E-state index in [0.717, 1.165) is 12.8 Å². The quantitative estimate of drug-likeness (QED) is 0.364. The number of hydrogen-bond acceptors (Lipinski definition) is 4. The molecule has 0 atom stereocenters. The number of nitro groups is 1. The minimum atomic E-state index is -0.836. The number of carbonyl (C=O) groups excluding carboxylic acids is 2. The van der Waals surface area contributed by atoms with Gasteiger partial charge in [0.05, 0.1) is 4.92 Å². The van der Waals surface area contributed by atoms with Gasteiger partial charge in [0.15, 0.2) is 0 Å². The van der Waals surface area contributed by atoms with Gasteiger partial charge in [-0.3, -0.25) is 19.7 Å². The second kappa shape index (κ2) is 7.10. The van der Waals surface area contributed by atoms with Crippen LogP contribution in [0.5, 0.6) is 0 Å². The Kier molecular flexibility index (Phi) is 5.46. The number of non-ortho nitro benzene ring substituents is 1. The number of hydrogen-bond donors (Lipinski definition) is 2. The molecule has 0 bridgehead atoms. The van der Waals surface area contributed by atoms with E-state index in [1.54, 1.807) is 0 Å². The fraction of sp³-hybridized carbons (Fsp3) is 0.333. The Morgan fingerprint density at radius 1 is 1.32 bits per heavy atom. The maximum atomic E-state index is 11.5. The van der Waals surface area contributed by atoms with E-state index in [-0.39, 0.29) is 11.4 Å². The first-order valence-corrected chi connectivity index (χ1v) is 5.88. The summed E-state index contributed by atoms with van der Waals surface area (Å²) in [6.07, 6.45) is 1.70. The van der Waals surface area contributed by atoms with Crippen molar-refractivity contribution in [1.82, 2.24) is 5.32 Å². The third kappa shape index (κ3) is 4.74. The molecule has 0 spiro atoms. The highest BCUT2D eigenvalue weighted by Gasteiger charge is 2.14. The molecule has 7 heteroatoms. The second-order valence-electron chi connectivity index (χ2n) is 3.87. The van der Waals surface area contributed by atoms with Gasteiger partial charge in [0.25, 0.3) is 5.69 Å². The van der Waals surface area contributed by atoms with E-state index >= 15 is 0 Å². The maximum Gasteiger partial charge on any atom is 0.313 e. The minimum absolute atomic E-state index is 0.149. The summed E-state index contributed by atoms with van der Waals surface area (Å²) in [5.41, 5.74) is 0.0639. The average molecular weight is 265 g/mol. The first-order chi connectivity index (χ1) is 9.04. The molecule has 19 heavy (non-hydrogen) atoms. The Morgan fingerprint density at radius 2 is 2.05 bits per heavy atom. The van der Waals surface area contributed by atoms with Crippen molar-refractivity contribution in [2.75, 3.05) is 11.9 Å². The Balaban J connectivity index is 2.59. The first-order valence-electron chi connectivity index (χ1n) is 5.88. The Bertz CT molecular complexity index is 488. The molecule has 0 unspecified atom stereocenters. The fourth-order valence-corrected chi connectivity index (χ4v) is 1.34. The lowest BCUT2D eigenvalue weighted by Crippen LogP contribution is -2.35. The van der Waals surface area contributed by atoms with Crippen LogP contribution in [0.1, 0.15) is 19.8 Å². The van der Waals surface area contributed by atoms with Crippen LogP contribution < -0.4 is 10.6 Å². The van der Waals surface area contributed by atoms with Crippen LogP contribution in [0.3, 0.4) is 0 Å². The smallest absolute Gasteiger partial charge is 0.313 e. The summed E-state index contributed by atoms with van der Waals surface area (Å²) in [6.45, 7) is 2.40. The normalized spacial score (nSPS) is 9.74. The molecule has 0 saturated carbocycles. The maximum absolute atomic E-state index is 11.5. The highest BCUT2D eigenvalue weighted by atomic mass is 16.6. The van der Waals surface area contributed by atoms with Crippen LogP contribution in [0, 0.1) is 10.1 Å². The van der Waals surface area contributed by atoms with Crippen molar-refractivity contribution in [3.63, 3.8) is 0 Å². The molecule has 102 valence electrons. The summed E-state index contributed by atoms with van der Waals surface area (Å²) >= 11 is 0. The standard InChI is InChI=1S/C12H15N3O4/c1-2-3-7-13-11(16)12(17)14-9-5-4-6-10(8-9)15(18)19/h4-6,8H,2-3,7H2,1H3,(H,13,16)(H,14,17). The predicted octanol–water partition coefficient (Wildman–Crippen LogP) is 1.45. The number of anilines is 1. The summed E-state index contributed by atoms with van der Waals surface area (Å²) in [6, 6.07) is 5.40. The summed E-state index contributed by atoms with van der Waals surface area (Å²) in [4.78, 5) is 32.9. The zero-order valence-electron chi connectivity index (χ0n) is 10.5. The van der Waals surface area contributed by atoms with Gasteiger partial charge < -0.3 is 10.6 Å². The van der Waals surface area contributed by atoms with Gasteiger partial charge in [-0.25, -0.2) is 0 Å². The SMILES string of the molecule is CCCCNC(=O)C(=O)Nc1cccc([N+](=O)[O-])c1. The second-order valence-corrected chi connectivity index (χ2v) is 3.87. The predicted molar refractivity (Wildman–Crippen MR) is 69.6 cm³/mol. The first kappa shape index (κ1) is 14.6. The van der Waals surface area contributed by atoms with Crippen molar-refractivity contribution in [2.24, 2.45) is 0 Å². The van der Waals surface area contributed by atoms with Crippen molar-refractivity contribution >= 4 is 23.2 Å². The molecule has 0 radical (unpaired) electrons. The number of unbranched alkanes of at least 4 members (excludes halogenated alkanes) is 1. The molecule has 0 aliphatic rings. The van der Waals surface area contributed by atoms with Crippen LogP contribution >= 0.6 is 0 Å². The topological polar surface area (TPSA) is 101 Å². The fourth-order valence-electron chi connectivity index (χ4n) is 1.34. The van der Waals surface area contributed by atoms with Crippen molar-refractivity contribution < 1.29 is 14.5 Å². The van der Waals surface area contributed by atoms with E-state index in [4.69, 9.17) is 0 Å². The van der Waals surface area contributed by atoms with Crippen LogP contribution in [-0.4, -0.2) is 23.3 Å². The van der Waals surface area contributed by atoms with Gasteiger partial charge >= 0.3 is 11.8 Å². The van der Waals surface area contributed by atoms with E-state index in [1.807, 2.05) is 6.92 Å². The molecule has 0 fully saturated rings. The van der Waals surface area contributed by atoms with Gasteiger partial charge in [-0.1, -0.05) is 19.4 Å². The molecule has 0 heterocycles. The molecule has 2 amide bonds. The largest absolute Gasteiger partial charge is 0.348 e. The van der Waals surface area contributed by atoms with E-state index in [2.05, 4.69) is 10.6 Å². The summed E-state index contributed by atoms with van der Waals surface area (Å²) < 4.78 is 0. The lowest BCUT2D eigenvalue weighted by molar-refractivity contribution is -0.384. The highest BCUT2D eigenvalue weighted by Crippen LogP contribution is 2.16. The summed E-state index contributed by atoms with van der Waals surface area (Å²) in [7, 11) is 0. The van der Waals surface area contributed by atoms with Gasteiger partial charge in [0, 0.05) is 24.4 Å². The van der Waals surface area contributed by atoms with Crippen LogP contribution in [0.25, 0.3) is 0 Å². The molecule has 2 N–H and O–H groups in total. The van der Waals surface area contributed by atoms with Gasteiger partial charge in [-0.2, -0.15) is 0 Å². The monoisotopic (exact) mass is 265 g/mol. The number of rotatable bonds is 5. The molecule has 0 aliphatic carbocycles. The van der Waals surface area contributed by atoms with Crippen molar-refractivity contribution in [2.45, 2.75) is 19.8 Å². The van der Waals surface area contributed by atoms with Crippen molar-refractivity contribution in [3.05, 3.63) is 34.4 Å². The molecule has 0 aromatic heterocycles. The van der Waals surface area contributed by atoms with Crippen molar-refractivity contribution in [3.8, 4) is 0 Å². The third-order valence-electron chi connectivity index (χ3n) is 2.34. The van der Waals surface area contributed by atoms with Gasteiger partial charge in [-0.05, 0) is 12.5 Å². The molecule has 1 rings (SSSR count). The summed E-state index contributed by atoms with van der Waals surface area (Å²) in [5, 5.41) is 15.3. The number of carbonyl (C=O) groups is 2. The molecule has 7 nitrogen and oxygen atoms in total. The number of nitro benzene ring substituents is 1. The van der Waals surface area contributed by atoms with Crippen LogP contribution in [0.15, 0.2) is 24.3 Å². The van der Waals surface area contributed by atoms with Crippen LogP contribution in [0.4, 0.5) is 11.4 Å². The Hall–Kier alpha value is -2.44. The highest BCUT2D eigenvalue weighted by molar-refractivity contribution is 6.39. The van der Waals surface area contributed by atoms with Crippen molar-refractivity contribution in [1.29, 1.82) is 0 Å². The lowest BCUT2D eigenvalue weighted by atomic mass is 10.3. The number of amides is 2. The average Bonchev–Trinajstić information content (AvgIpc) is 2.39. The van der Waals surface area contributed by atoms with E-state index < -0.39 is 16.7 Å². The number of benzene rings is 1. The molecule has 0 aliphatic heterocycles. The molecule has 0 saturated heterocycles. The van der Waals surface area contributed by atoms with Crippen LogP contribution in [-0.2, 0) is 9.59 Å². The Morgan fingerprint density at radius 3 is 2.68 bits per heavy atom. The van der Waals surface area contributed by atoms with Gasteiger partial charge in [-0.15, -0.1) is 0 Å². The van der Waals surface area contributed by atoms with E-state index in [0.29, 0.717) is 6.54 Å². The molecule has 1 aromatic rings. The van der Waals surface area contributed by atoms with Crippen LogP contribution in [0.2, 0.25) is 0 Å². The Labute approximate surface area is 110 Å². The third-order valence-corrected chi connectivity index (χ3v) is 2.34. The minimum Gasteiger partial charge on any atom is -0.348 e. The lowest BCUT2D eigenvalue weighted by Gasteiger charge is -2.05. The van der Waals surface area contributed by atoms with E-state index in [9.17, 15) is 19.7 Å². The zero-order chi connectivity index (χ0) is 14.3. The van der Waals surface area contributed by atoms with Gasteiger partial charge in [0.1, 0.15) is 0 Å². The summed E-state index contributed by atoms with van der Waals surface area (Å²) in [5.74, 6) is -1.59. The molecule has 1 aromatic carbocycles. The zero-order valence-corrected chi connectivity index (χ0v) is 10.5. The number of nitrogens with zero attached hydrogens (tertiary/aromatic N) is 1. The molecular weight excluding hydrogens is 250 g/mol.